The Bertz CT molecular complexity index is 468. The van der Waals surface area contributed by atoms with Gasteiger partial charge in [-0.05, 0) is 24.8 Å². The molecule has 1 aliphatic rings. The summed E-state index contributed by atoms with van der Waals surface area (Å²) in [6.45, 7) is 8.36. The molecule has 0 spiro atoms. The number of aliphatic hydroxyl groups excluding tert-OH is 1. The predicted octanol–water partition coefficient (Wildman–Crippen LogP) is 3.24. The van der Waals surface area contributed by atoms with Crippen molar-refractivity contribution >= 4 is 0 Å². The molecule has 2 rings (SSSR count). The van der Waals surface area contributed by atoms with Crippen LogP contribution in [0.25, 0.3) is 0 Å². The van der Waals surface area contributed by atoms with Crippen molar-refractivity contribution in [2.45, 2.75) is 38.7 Å². The van der Waals surface area contributed by atoms with Crippen LogP contribution in [0, 0.1) is 0 Å². The lowest BCUT2D eigenvalue weighted by molar-refractivity contribution is 0.100. The Labute approximate surface area is 120 Å². The average Bonchev–Trinajstić information content (AvgIpc) is 2.88. The van der Waals surface area contributed by atoms with E-state index in [-0.39, 0.29) is 13.4 Å². The van der Waals surface area contributed by atoms with E-state index in [2.05, 4.69) is 20.4 Å². The Morgan fingerprint density at radius 3 is 2.70 bits per heavy atom. The molecule has 0 fully saturated rings. The molecule has 0 saturated carbocycles. The van der Waals surface area contributed by atoms with Crippen molar-refractivity contribution in [1.82, 2.24) is 0 Å². The number of aliphatic hydroxyl groups is 1. The fourth-order valence-corrected chi connectivity index (χ4v) is 2.09. The van der Waals surface area contributed by atoms with Crippen LogP contribution in [-0.4, -0.2) is 24.6 Å². The van der Waals surface area contributed by atoms with Gasteiger partial charge in [0.1, 0.15) is 12.4 Å². The molecule has 0 saturated heterocycles. The number of hydrogen-bond donors (Lipinski definition) is 1. The number of rotatable bonds is 7. The Morgan fingerprint density at radius 2 is 2.05 bits per heavy atom. The summed E-state index contributed by atoms with van der Waals surface area (Å²) in [7, 11) is 0. The fraction of sp³-hybridized carbons (Fsp3) is 0.500. The van der Waals surface area contributed by atoms with Crippen molar-refractivity contribution in [3.8, 4) is 17.2 Å². The van der Waals surface area contributed by atoms with E-state index in [1.165, 1.54) is 0 Å². The van der Waals surface area contributed by atoms with Gasteiger partial charge in [0.2, 0.25) is 6.79 Å². The third-order valence-corrected chi connectivity index (χ3v) is 3.26. The molecule has 0 unspecified atom stereocenters. The van der Waals surface area contributed by atoms with E-state index in [9.17, 15) is 5.11 Å². The third kappa shape index (κ3) is 3.45. The number of benzene rings is 1. The molecule has 1 aliphatic heterocycles. The molecule has 1 aromatic carbocycles. The number of ether oxygens (including phenoxy) is 3. The molecule has 0 bridgehead atoms. The van der Waals surface area contributed by atoms with Crippen LogP contribution in [0.4, 0.5) is 0 Å². The largest absolute Gasteiger partial charge is 0.490 e. The molecule has 0 aliphatic carbocycles. The smallest absolute Gasteiger partial charge is 0.231 e. The zero-order chi connectivity index (χ0) is 14.5. The van der Waals surface area contributed by atoms with Gasteiger partial charge in [-0.15, -0.1) is 6.58 Å². The molecule has 110 valence electrons. The first-order valence-corrected chi connectivity index (χ1v) is 6.97. The zero-order valence-corrected chi connectivity index (χ0v) is 12.1. The lowest BCUT2D eigenvalue weighted by Crippen LogP contribution is -2.17. The minimum absolute atomic E-state index is 0.248. The van der Waals surface area contributed by atoms with Crippen LogP contribution < -0.4 is 14.2 Å². The Balaban J connectivity index is 2.08. The minimum Gasteiger partial charge on any atom is -0.490 e. The second kappa shape index (κ2) is 6.66. The summed E-state index contributed by atoms with van der Waals surface area (Å²) < 4.78 is 16.5. The van der Waals surface area contributed by atoms with Gasteiger partial charge in [0.15, 0.2) is 11.5 Å². The summed E-state index contributed by atoms with van der Waals surface area (Å²) in [4.78, 5) is 0. The molecule has 1 heterocycles. The van der Waals surface area contributed by atoms with Crippen molar-refractivity contribution in [1.29, 1.82) is 0 Å². The van der Waals surface area contributed by atoms with Gasteiger partial charge in [-0.25, -0.2) is 0 Å². The van der Waals surface area contributed by atoms with E-state index in [1.54, 1.807) is 6.08 Å². The summed E-state index contributed by atoms with van der Waals surface area (Å²) in [5.41, 5.74) is 1.06. The van der Waals surface area contributed by atoms with E-state index in [0.29, 0.717) is 18.1 Å². The van der Waals surface area contributed by atoms with E-state index in [4.69, 9.17) is 14.2 Å². The van der Waals surface area contributed by atoms with Crippen LogP contribution in [0.3, 0.4) is 0 Å². The second-order valence-corrected chi connectivity index (χ2v) is 5.23. The number of fused-ring (bicyclic) bond motifs is 1. The summed E-state index contributed by atoms with van der Waals surface area (Å²) in [6.07, 6.45) is 2.75. The Kier molecular flexibility index (Phi) is 4.90. The van der Waals surface area contributed by atoms with Crippen LogP contribution >= 0.6 is 0 Å². The van der Waals surface area contributed by atoms with E-state index < -0.39 is 6.10 Å². The maximum atomic E-state index is 9.84. The van der Waals surface area contributed by atoms with Crippen LogP contribution in [0.15, 0.2) is 24.8 Å². The highest BCUT2D eigenvalue weighted by atomic mass is 16.7. The zero-order valence-electron chi connectivity index (χ0n) is 12.1. The normalized spacial score (nSPS) is 14.4. The predicted molar refractivity (Wildman–Crippen MR) is 77.6 cm³/mol. The molecule has 0 radical (unpaired) electrons. The highest BCUT2D eigenvalue weighted by Crippen LogP contribution is 2.40. The Morgan fingerprint density at radius 1 is 1.35 bits per heavy atom. The van der Waals surface area contributed by atoms with E-state index in [1.807, 2.05) is 12.1 Å². The van der Waals surface area contributed by atoms with Crippen LogP contribution in [0.2, 0.25) is 0 Å². The summed E-state index contributed by atoms with van der Waals surface area (Å²) in [5, 5.41) is 9.84. The third-order valence-electron chi connectivity index (χ3n) is 3.26. The average molecular weight is 278 g/mol. The number of hydrogen-bond acceptors (Lipinski definition) is 4. The first kappa shape index (κ1) is 14.7. The highest BCUT2D eigenvalue weighted by Gasteiger charge is 2.20. The van der Waals surface area contributed by atoms with Gasteiger partial charge >= 0.3 is 0 Å². The van der Waals surface area contributed by atoms with Gasteiger partial charge in [0.05, 0.1) is 6.10 Å². The van der Waals surface area contributed by atoms with Gasteiger partial charge in [-0.1, -0.05) is 19.9 Å². The molecule has 0 aromatic heterocycles. The Hall–Kier alpha value is -1.68. The van der Waals surface area contributed by atoms with Crippen molar-refractivity contribution < 1.29 is 19.3 Å². The quantitative estimate of drug-likeness (QED) is 0.778. The van der Waals surface area contributed by atoms with Gasteiger partial charge < -0.3 is 19.3 Å². The standard InChI is InChI=1S/C16H22O4/c1-4-5-6-12(17)9-18-14-8-16-15(19-10-20-16)7-13(14)11(2)3/h4,7-8,11-12,17H,1,5-6,9-10H2,2-3H3/t12-/m1/s1. The first-order chi connectivity index (χ1) is 9.61. The topological polar surface area (TPSA) is 47.9 Å². The maximum absolute atomic E-state index is 9.84. The van der Waals surface area contributed by atoms with Crippen LogP contribution in [0.5, 0.6) is 17.2 Å². The van der Waals surface area contributed by atoms with Crippen molar-refractivity contribution in [3.05, 3.63) is 30.4 Å². The highest BCUT2D eigenvalue weighted by molar-refractivity contribution is 5.52. The summed E-state index contributed by atoms with van der Waals surface area (Å²) in [5.74, 6) is 2.52. The van der Waals surface area contributed by atoms with E-state index >= 15 is 0 Å². The van der Waals surface area contributed by atoms with E-state index in [0.717, 1.165) is 23.5 Å². The monoisotopic (exact) mass is 278 g/mol. The lowest BCUT2D eigenvalue weighted by atomic mass is 10.0. The van der Waals surface area contributed by atoms with Gasteiger partial charge in [0.25, 0.3) is 0 Å². The van der Waals surface area contributed by atoms with Gasteiger partial charge in [0, 0.05) is 11.6 Å². The van der Waals surface area contributed by atoms with Crippen LogP contribution in [-0.2, 0) is 0 Å². The fourth-order valence-electron chi connectivity index (χ4n) is 2.09. The summed E-state index contributed by atoms with van der Waals surface area (Å²) in [6, 6.07) is 3.80. The summed E-state index contributed by atoms with van der Waals surface area (Å²) >= 11 is 0. The molecular formula is C16H22O4. The SMILES string of the molecule is C=CCC[C@@H](O)COc1cc2c(cc1C(C)C)OCO2. The van der Waals surface area contributed by atoms with Crippen LogP contribution in [0.1, 0.15) is 38.2 Å². The second-order valence-electron chi connectivity index (χ2n) is 5.23. The molecule has 1 aromatic rings. The molecule has 4 heteroatoms. The van der Waals surface area contributed by atoms with Crippen molar-refractivity contribution in [2.75, 3.05) is 13.4 Å². The molecule has 1 N–H and O–H groups in total. The first-order valence-electron chi connectivity index (χ1n) is 6.97. The van der Waals surface area contributed by atoms with Gasteiger partial charge in [-0.2, -0.15) is 0 Å². The lowest BCUT2D eigenvalue weighted by Gasteiger charge is -2.17. The molecular weight excluding hydrogens is 256 g/mol. The molecule has 20 heavy (non-hydrogen) atoms. The van der Waals surface area contributed by atoms with Crippen molar-refractivity contribution in [3.63, 3.8) is 0 Å². The minimum atomic E-state index is -0.488. The molecule has 4 nitrogen and oxygen atoms in total. The maximum Gasteiger partial charge on any atom is 0.231 e. The molecule has 1 atom stereocenters. The van der Waals surface area contributed by atoms with Gasteiger partial charge in [-0.3, -0.25) is 0 Å². The van der Waals surface area contributed by atoms with Crippen molar-refractivity contribution in [2.24, 2.45) is 0 Å². The number of allylic oxidation sites excluding steroid dienone is 1. The molecule has 0 amide bonds.